The number of nitrogens with zero attached hydrogens (tertiary/aromatic N) is 2. The molecule has 0 fully saturated rings. The molecule has 0 saturated heterocycles. The fourth-order valence-corrected chi connectivity index (χ4v) is 1.87. The lowest BCUT2D eigenvalue weighted by molar-refractivity contribution is 0.0480. The molecule has 0 radical (unpaired) electrons. The van der Waals surface area contributed by atoms with Crippen LogP contribution in [-0.2, 0) is 4.84 Å². The number of furan rings is 1. The molecule has 0 amide bonds. The number of oxime groups is 1. The van der Waals surface area contributed by atoms with E-state index in [9.17, 15) is 4.79 Å². The molecule has 0 aliphatic heterocycles. The highest BCUT2D eigenvalue weighted by atomic mass is 16.7. The van der Waals surface area contributed by atoms with Crippen molar-refractivity contribution in [3.05, 3.63) is 90.1 Å². The third kappa shape index (κ3) is 3.09. The fourth-order valence-electron chi connectivity index (χ4n) is 1.87. The first kappa shape index (κ1) is 13.8. The van der Waals surface area contributed by atoms with Gasteiger partial charge < -0.3 is 9.25 Å². The predicted octanol–water partition coefficient (Wildman–Crippen LogP) is 3.28. The quantitative estimate of drug-likeness (QED) is 0.420. The van der Waals surface area contributed by atoms with E-state index in [2.05, 4.69) is 10.1 Å². The first-order valence-electron chi connectivity index (χ1n) is 6.64. The summed E-state index contributed by atoms with van der Waals surface area (Å²) < 4.78 is 4.98. The zero-order valence-electron chi connectivity index (χ0n) is 11.5. The molecule has 0 aliphatic rings. The molecule has 3 aromatic rings. The third-order valence-electron chi connectivity index (χ3n) is 2.90. The molecule has 2 aromatic heterocycles. The largest absolute Gasteiger partial charge is 0.457 e. The average molecular weight is 292 g/mol. The van der Waals surface area contributed by atoms with Crippen molar-refractivity contribution in [3.63, 3.8) is 0 Å². The molecule has 0 aliphatic carbocycles. The van der Waals surface area contributed by atoms with Gasteiger partial charge >= 0.3 is 5.97 Å². The summed E-state index contributed by atoms with van der Waals surface area (Å²) in [6.45, 7) is 0. The highest BCUT2D eigenvalue weighted by Gasteiger charge is 2.13. The molecule has 0 unspecified atom stereocenters. The van der Waals surface area contributed by atoms with Crippen molar-refractivity contribution in [1.29, 1.82) is 0 Å². The van der Waals surface area contributed by atoms with E-state index in [1.165, 1.54) is 12.3 Å². The molecule has 0 spiro atoms. The lowest BCUT2D eigenvalue weighted by atomic mass is 10.1. The number of hydrogen-bond acceptors (Lipinski definition) is 5. The smallest absolute Gasteiger partial charge is 0.400 e. The number of carbonyl (C=O) groups excluding carboxylic acids is 1. The van der Waals surface area contributed by atoms with Gasteiger partial charge in [0.25, 0.3) is 0 Å². The zero-order valence-corrected chi connectivity index (χ0v) is 11.5. The Kier molecular flexibility index (Phi) is 4.06. The first-order chi connectivity index (χ1) is 10.8. The van der Waals surface area contributed by atoms with Crippen LogP contribution in [0.15, 0.2) is 82.7 Å². The number of rotatable bonds is 4. The van der Waals surface area contributed by atoms with Crippen LogP contribution < -0.4 is 0 Å². The molecule has 0 bridgehead atoms. The van der Waals surface area contributed by atoms with E-state index >= 15 is 0 Å². The molecule has 0 atom stereocenters. The van der Waals surface area contributed by atoms with Gasteiger partial charge in [0.1, 0.15) is 5.71 Å². The van der Waals surface area contributed by atoms with E-state index in [1.807, 2.05) is 36.4 Å². The Bertz CT molecular complexity index is 725. The van der Waals surface area contributed by atoms with Crippen LogP contribution in [0.1, 0.15) is 21.8 Å². The van der Waals surface area contributed by atoms with Gasteiger partial charge in [-0.1, -0.05) is 41.6 Å². The van der Waals surface area contributed by atoms with Gasteiger partial charge in [-0.2, -0.15) is 0 Å². The van der Waals surface area contributed by atoms with Crippen molar-refractivity contribution in [2.75, 3.05) is 0 Å². The predicted molar refractivity (Wildman–Crippen MR) is 80.4 cm³/mol. The van der Waals surface area contributed by atoms with Gasteiger partial charge in [0.15, 0.2) is 0 Å². The van der Waals surface area contributed by atoms with Gasteiger partial charge in [-0.05, 0) is 24.3 Å². The fraction of sp³-hybridized carbons (Fsp3) is 0. The summed E-state index contributed by atoms with van der Waals surface area (Å²) in [4.78, 5) is 21.1. The summed E-state index contributed by atoms with van der Waals surface area (Å²) in [6, 6.07) is 18.0. The Morgan fingerprint density at radius 2 is 1.82 bits per heavy atom. The molecule has 0 saturated carbocycles. The van der Waals surface area contributed by atoms with Gasteiger partial charge in [0.05, 0.1) is 12.0 Å². The zero-order chi connectivity index (χ0) is 15.2. The van der Waals surface area contributed by atoms with Crippen LogP contribution in [0.3, 0.4) is 0 Å². The molecular weight excluding hydrogens is 280 g/mol. The van der Waals surface area contributed by atoms with Crippen LogP contribution in [-0.4, -0.2) is 16.7 Å². The maximum Gasteiger partial charge on any atom is 0.400 e. The SMILES string of the molecule is O=C(ON=C(c1ccccc1)c1ccccn1)c1ccco1. The Hall–Kier alpha value is -3.21. The van der Waals surface area contributed by atoms with Crippen molar-refractivity contribution in [1.82, 2.24) is 4.98 Å². The highest BCUT2D eigenvalue weighted by molar-refractivity contribution is 6.11. The number of carbonyl (C=O) groups is 1. The van der Waals surface area contributed by atoms with Crippen LogP contribution in [0.25, 0.3) is 0 Å². The number of aromatic nitrogens is 1. The van der Waals surface area contributed by atoms with Crippen molar-refractivity contribution < 1.29 is 14.0 Å². The Labute approximate surface area is 126 Å². The second-order valence-electron chi connectivity index (χ2n) is 4.38. The summed E-state index contributed by atoms with van der Waals surface area (Å²) in [5.41, 5.74) is 1.88. The Morgan fingerprint density at radius 3 is 2.50 bits per heavy atom. The van der Waals surface area contributed by atoms with Crippen molar-refractivity contribution >= 4 is 11.7 Å². The van der Waals surface area contributed by atoms with Crippen molar-refractivity contribution in [2.24, 2.45) is 5.16 Å². The van der Waals surface area contributed by atoms with Crippen molar-refractivity contribution in [3.8, 4) is 0 Å². The second kappa shape index (κ2) is 6.49. The normalized spacial score (nSPS) is 11.2. The highest BCUT2D eigenvalue weighted by Crippen LogP contribution is 2.10. The summed E-state index contributed by atoms with van der Waals surface area (Å²) in [6.07, 6.45) is 3.05. The van der Waals surface area contributed by atoms with Crippen LogP contribution in [0.5, 0.6) is 0 Å². The minimum absolute atomic E-state index is 0.0946. The van der Waals surface area contributed by atoms with E-state index in [-0.39, 0.29) is 5.76 Å². The second-order valence-corrected chi connectivity index (χ2v) is 4.38. The minimum atomic E-state index is -0.658. The van der Waals surface area contributed by atoms with Crippen LogP contribution in [0.2, 0.25) is 0 Å². The van der Waals surface area contributed by atoms with E-state index in [0.29, 0.717) is 11.4 Å². The average Bonchev–Trinajstić information content (AvgIpc) is 3.11. The number of benzene rings is 1. The van der Waals surface area contributed by atoms with Crippen LogP contribution in [0.4, 0.5) is 0 Å². The van der Waals surface area contributed by atoms with Gasteiger partial charge in [0, 0.05) is 11.8 Å². The molecule has 0 N–H and O–H groups in total. The maximum absolute atomic E-state index is 11.8. The molecule has 5 nitrogen and oxygen atoms in total. The van der Waals surface area contributed by atoms with Crippen molar-refractivity contribution in [2.45, 2.75) is 0 Å². The number of pyridine rings is 1. The maximum atomic E-state index is 11.8. The summed E-state index contributed by atoms with van der Waals surface area (Å²) >= 11 is 0. The summed E-state index contributed by atoms with van der Waals surface area (Å²) in [5, 5.41) is 3.96. The van der Waals surface area contributed by atoms with Crippen LogP contribution in [0, 0.1) is 0 Å². The molecule has 108 valence electrons. The first-order valence-corrected chi connectivity index (χ1v) is 6.64. The lowest BCUT2D eigenvalue weighted by Crippen LogP contribution is -2.08. The standard InChI is InChI=1S/C17H12N2O3/c20-17(15-10-6-12-21-15)22-19-16(13-7-2-1-3-8-13)14-9-4-5-11-18-14/h1-12H. The summed E-state index contributed by atoms with van der Waals surface area (Å²) in [7, 11) is 0. The molecular formula is C17H12N2O3. The lowest BCUT2D eigenvalue weighted by Gasteiger charge is -2.05. The molecule has 22 heavy (non-hydrogen) atoms. The third-order valence-corrected chi connectivity index (χ3v) is 2.90. The van der Waals surface area contributed by atoms with Gasteiger partial charge in [0.2, 0.25) is 5.76 Å². The molecule has 2 heterocycles. The number of hydrogen-bond donors (Lipinski definition) is 0. The minimum Gasteiger partial charge on any atom is -0.457 e. The van der Waals surface area contributed by atoms with Gasteiger partial charge in [-0.15, -0.1) is 0 Å². The molecule has 5 heteroatoms. The molecule has 3 rings (SSSR count). The summed E-state index contributed by atoms with van der Waals surface area (Å²) in [5.74, 6) is -0.563. The monoisotopic (exact) mass is 292 g/mol. The van der Waals surface area contributed by atoms with Gasteiger partial charge in [-0.3, -0.25) is 4.98 Å². The van der Waals surface area contributed by atoms with Crippen LogP contribution >= 0.6 is 0 Å². The molecule has 1 aromatic carbocycles. The van der Waals surface area contributed by atoms with E-state index < -0.39 is 5.97 Å². The Morgan fingerprint density at radius 1 is 1.00 bits per heavy atom. The van der Waals surface area contributed by atoms with E-state index in [0.717, 1.165) is 5.56 Å². The Balaban J connectivity index is 1.92. The van der Waals surface area contributed by atoms with E-state index in [1.54, 1.807) is 24.4 Å². The topological polar surface area (TPSA) is 64.7 Å². The van der Waals surface area contributed by atoms with Gasteiger partial charge in [-0.25, -0.2) is 4.79 Å². The van der Waals surface area contributed by atoms with E-state index in [4.69, 9.17) is 9.25 Å².